The van der Waals surface area contributed by atoms with Gasteiger partial charge in [-0.05, 0) is 23.7 Å². The lowest BCUT2D eigenvalue weighted by molar-refractivity contribution is 0.561. The van der Waals surface area contributed by atoms with Crippen LogP contribution in [0.25, 0.3) is 0 Å². The number of rotatable bonds is 8. The fourth-order valence-electron chi connectivity index (χ4n) is 1.88. The molecule has 0 aliphatic heterocycles. The number of sulfonamides is 1. The summed E-state index contributed by atoms with van der Waals surface area (Å²) in [4.78, 5) is 0. The Morgan fingerprint density at radius 2 is 1.71 bits per heavy atom. The van der Waals surface area contributed by atoms with E-state index in [2.05, 4.69) is 10.0 Å². The van der Waals surface area contributed by atoms with Gasteiger partial charge < -0.3 is 9.73 Å². The Morgan fingerprint density at radius 1 is 1.00 bits per heavy atom. The summed E-state index contributed by atoms with van der Waals surface area (Å²) in [6, 6.07) is 9.33. The monoisotopic (exact) mass is 308 g/mol. The third-order valence-corrected chi connectivity index (χ3v) is 4.33. The minimum atomic E-state index is -3.35. The SMILES string of the molecule is CCNCc1ccc(CS(=O)(=O)NCc2ccoc2)cc1. The smallest absolute Gasteiger partial charge is 0.216 e. The molecule has 0 spiro atoms. The van der Waals surface area contributed by atoms with Gasteiger partial charge in [0.25, 0.3) is 0 Å². The Balaban J connectivity index is 1.90. The van der Waals surface area contributed by atoms with Crippen molar-refractivity contribution in [1.82, 2.24) is 10.0 Å². The molecule has 6 heteroatoms. The van der Waals surface area contributed by atoms with Crippen molar-refractivity contribution in [3.8, 4) is 0 Å². The molecule has 0 saturated heterocycles. The summed E-state index contributed by atoms with van der Waals surface area (Å²) in [5, 5.41) is 3.23. The van der Waals surface area contributed by atoms with Crippen LogP contribution in [0.3, 0.4) is 0 Å². The van der Waals surface area contributed by atoms with E-state index in [1.165, 1.54) is 12.5 Å². The largest absolute Gasteiger partial charge is 0.472 e. The lowest BCUT2D eigenvalue weighted by Crippen LogP contribution is -2.24. The predicted molar refractivity (Wildman–Crippen MR) is 82.0 cm³/mol. The van der Waals surface area contributed by atoms with E-state index in [1.54, 1.807) is 6.07 Å². The van der Waals surface area contributed by atoms with Crippen LogP contribution in [-0.2, 0) is 28.9 Å². The highest BCUT2D eigenvalue weighted by molar-refractivity contribution is 7.88. The molecule has 0 aliphatic rings. The molecule has 2 aromatic rings. The van der Waals surface area contributed by atoms with Crippen LogP contribution in [-0.4, -0.2) is 15.0 Å². The summed E-state index contributed by atoms with van der Waals surface area (Å²) in [7, 11) is -3.35. The number of hydrogen-bond acceptors (Lipinski definition) is 4. The van der Waals surface area contributed by atoms with Gasteiger partial charge in [0.1, 0.15) is 0 Å². The van der Waals surface area contributed by atoms with Crippen molar-refractivity contribution in [3.05, 3.63) is 59.5 Å². The Morgan fingerprint density at radius 3 is 2.33 bits per heavy atom. The summed E-state index contributed by atoms with van der Waals surface area (Å²) < 4.78 is 31.5. The zero-order valence-electron chi connectivity index (χ0n) is 12.0. The number of hydrogen-bond donors (Lipinski definition) is 2. The summed E-state index contributed by atoms with van der Waals surface area (Å²) >= 11 is 0. The number of nitrogens with one attached hydrogen (secondary N) is 2. The van der Waals surface area contributed by atoms with Crippen molar-refractivity contribution in [2.45, 2.75) is 25.8 Å². The first-order valence-corrected chi connectivity index (χ1v) is 8.51. The zero-order valence-corrected chi connectivity index (χ0v) is 12.8. The molecular weight excluding hydrogens is 288 g/mol. The second-order valence-electron chi connectivity index (χ2n) is 4.81. The van der Waals surface area contributed by atoms with Crippen LogP contribution in [0.5, 0.6) is 0 Å². The summed E-state index contributed by atoms with van der Waals surface area (Å²) in [6.07, 6.45) is 3.05. The van der Waals surface area contributed by atoms with Crippen molar-refractivity contribution < 1.29 is 12.8 Å². The average molecular weight is 308 g/mol. The normalized spacial score (nSPS) is 11.7. The van der Waals surface area contributed by atoms with Crippen LogP contribution in [0, 0.1) is 0 Å². The highest BCUT2D eigenvalue weighted by atomic mass is 32.2. The third kappa shape index (κ3) is 5.34. The van der Waals surface area contributed by atoms with Crippen LogP contribution >= 0.6 is 0 Å². The quantitative estimate of drug-likeness (QED) is 0.782. The minimum absolute atomic E-state index is 0.0215. The van der Waals surface area contributed by atoms with E-state index in [-0.39, 0.29) is 12.3 Å². The van der Waals surface area contributed by atoms with Gasteiger partial charge in [-0.3, -0.25) is 0 Å². The maximum atomic E-state index is 12.0. The summed E-state index contributed by atoms with van der Waals surface area (Å²) in [6.45, 7) is 4.00. The molecule has 0 saturated carbocycles. The molecule has 1 aromatic heterocycles. The first-order chi connectivity index (χ1) is 10.1. The Bertz CT molecular complexity index is 634. The van der Waals surface area contributed by atoms with E-state index in [0.29, 0.717) is 0 Å². The lowest BCUT2D eigenvalue weighted by atomic mass is 10.1. The molecule has 5 nitrogen and oxygen atoms in total. The van der Waals surface area contributed by atoms with Crippen molar-refractivity contribution >= 4 is 10.0 Å². The molecule has 0 atom stereocenters. The van der Waals surface area contributed by atoms with Gasteiger partial charge in [0.15, 0.2) is 0 Å². The summed E-state index contributed by atoms with van der Waals surface area (Å²) in [5.74, 6) is -0.0215. The first-order valence-electron chi connectivity index (χ1n) is 6.86. The molecule has 0 amide bonds. The lowest BCUT2D eigenvalue weighted by Gasteiger charge is -2.07. The van der Waals surface area contributed by atoms with Crippen LogP contribution in [0.4, 0.5) is 0 Å². The topological polar surface area (TPSA) is 71.3 Å². The van der Waals surface area contributed by atoms with Crippen molar-refractivity contribution in [3.63, 3.8) is 0 Å². The van der Waals surface area contributed by atoms with Crippen LogP contribution < -0.4 is 10.0 Å². The molecule has 2 N–H and O–H groups in total. The zero-order chi connectivity index (χ0) is 15.1. The van der Waals surface area contributed by atoms with E-state index in [0.717, 1.165) is 29.8 Å². The molecule has 114 valence electrons. The van der Waals surface area contributed by atoms with Gasteiger partial charge in [0.05, 0.1) is 18.3 Å². The highest BCUT2D eigenvalue weighted by Gasteiger charge is 2.11. The highest BCUT2D eigenvalue weighted by Crippen LogP contribution is 2.09. The van der Waals surface area contributed by atoms with Gasteiger partial charge in [-0.2, -0.15) is 0 Å². The molecule has 0 fully saturated rings. The summed E-state index contributed by atoms with van der Waals surface area (Å²) in [5.41, 5.74) is 2.72. The Labute approximate surface area is 125 Å². The van der Waals surface area contributed by atoms with E-state index in [4.69, 9.17) is 4.42 Å². The van der Waals surface area contributed by atoms with Crippen molar-refractivity contribution in [1.29, 1.82) is 0 Å². The fraction of sp³-hybridized carbons (Fsp3) is 0.333. The van der Waals surface area contributed by atoms with Gasteiger partial charge in [-0.15, -0.1) is 0 Å². The number of benzene rings is 1. The second-order valence-corrected chi connectivity index (χ2v) is 6.62. The van der Waals surface area contributed by atoms with Crippen LogP contribution in [0.15, 0.2) is 47.3 Å². The molecule has 0 aliphatic carbocycles. The molecule has 0 bridgehead atoms. The van der Waals surface area contributed by atoms with Gasteiger partial charge in [-0.1, -0.05) is 31.2 Å². The Hall–Kier alpha value is -1.63. The van der Waals surface area contributed by atoms with E-state index < -0.39 is 10.0 Å². The van der Waals surface area contributed by atoms with Gasteiger partial charge in [0.2, 0.25) is 10.0 Å². The maximum Gasteiger partial charge on any atom is 0.216 e. The average Bonchev–Trinajstić information content (AvgIpc) is 2.98. The molecule has 2 rings (SSSR count). The van der Waals surface area contributed by atoms with E-state index >= 15 is 0 Å². The van der Waals surface area contributed by atoms with E-state index in [1.807, 2.05) is 31.2 Å². The number of furan rings is 1. The van der Waals surface area contributed by atoms with Gasteiger partial charge in [0, 0.05) is 18.7 Å². The van der Waals surface area contributed by atoms with Crippen molar-refractivity contribution in [2.75, 3.05) is 6.54 Å². The van der Waals surface area contributed by atoms with Crippen LogP contribution in [0.2, 0.25) is 0 Å². The molecule has 1 heterocycles. The standard InChI is InChI=1S/C15H20N2O3S/c1-2-16-9-13-3-5-14(6-4-13)12-21(18,19)17-10-15-7-8-20-11-15/h3-8,11,16-17H,2,9-10,12H2,1H3. The molecular formula is C15H20N2O3S. The Kier molecular flexibility index (Phi) is 5.55. The first kappa shape index (κ1) is 15.8. The van der Waals surface area contributed by atoms with Gasteiger partial charge >= 0.3 is 0 Å². The predicted octanol–water partition coefficient (Wildman–Crippen LogP) is 2.01. The fourth-order valence-corrected chi connectivity index (χ4v) is 3.00. The van der Waals surface area contributed by atoms with Crippen LogP contribution in [0.1, 0.15) is 23.6 Å². The molecule has 21 heavy (non-hydrogen) atoms. The third-order valence-electron chi connectivity index (χ3n) is 3.04. The minimum Gasteiger partial charge on any atom is -0.472 e. The van der Waals surface area contributed by atoms with Crippen molar-refractivity contribution in [2.24, 2.45) is 0 Å². The molecule has 1 aromatic carbocycles. The van der Waals surface area contributed by atoms with E-state index in [9.17, 15) is 8.42 Å². The molecule has 0 unspecified atom stereocenters. The van der Waals surface area contributed by atoms with Gasteiger partial charge in [-0.25, -0.2) is 13.1 Å². The maximum absolute atomic E-state index is 12.0. The molecule has 0 radical (unpaired) electrons. The second kappa shape index (κ2) is 7.40.